The van der Waals surface area contributed by atoms with Gasteiger partial charge in [0.25, 0.3) is 0 Å². The SMILES string of the molecule is C[C@H]1[C@H]2CC[C@H](C2)[C@]1(C)C(=O)Cl. The van der Waals surface area contributed by atoms with Gasteiger partial charge in [-0.3, -0.25) is 4.79 Å². The van der Waals surface area contributed by atoms with Gasteiger partial charge in [0.15, 0.2) is 0 Å². The molecule has 0 aromatic rings. The standard InChI is InChI=1S/C10H15ClO/c1-6-7-3-4-8(5-7)10(6,2)9(11)12/h6-8H,3-5H2,1-2H3/t6-,7-,8+,10+/m0/s1. The second-order valence-corrected chi connectivity index (χ2v) is 4.96. The van der Waals surface area contributed by atoms with E-state index in [1.165, 1.54) is 19.3 Å². The third-order valence-electron chi connectivity index (χ3n) is 4.40. The van der Waals surface area contributed by atoms with E-state index in [1.54, 1.807) is 0 Å². The second-order valence-electron chi connectivity index (χ2n) is 4.62. The van der Waals surface area contributed by atoms with Crippen LogP contribution in [0.3, 0.4) is 0 Å². The Balaban J connectivity index is 2.32. The first-order chi connectivity index (χ1) is 5.56. The van der Waals surface area contributed by atoms with Crippen LogP contribution in [0, 0.1) is 23.2 Å². The fraction of sp³-hybridized carbons (Fsp3) is 0.900. The van der Waals surface area contributed by atoms with Crippen LogP contribution in [0.25, 0.3) is 0 Å². The predicted molar refractivity (Wildman–Crippen MR) is 49.0 cm³/mol. The molecule has 68 valence electrons. The van der Waals surface area contributed by atoms with Crippen LogP contribution < -0.4 is 0 Å². The Morgan fingerprint density at radius 1 is 1.50 bits per heavy atom. The van der Waals surface area contributed by atoms with Crippen molar-refractivity contribution < 1.29 is 4.79 Å². The highest BCUT2D eigenvalue weighted by Crippen LogP contribution is 2.60. The van der Waals surface area contributed by atoms with E-state index in [9.17, 15) is 4.79 Å². The smallest absolute Gasteiger partial charge is 0.228 e. The minimum Gasteiger partial charge on any atom is -0.281 e. The molecule has 2 saturated carbocycles. The number of halogens is 1. The topological polar surface area (TPSA) is 17.1 Å². The molecule has 12 heavy (non-hydrogen) atoms. The molecule has 0 aromatic carbocycles. The molecule has 0 saturated heterocycles. The zero-order valence-corrected chi connectivity index (χ0v) is 8.40. The molecule has 0 aromatic heterocycles. The van der Waals surface area contributed by atoms with Gasteiger partial charge in [-0.15, -0.1) is 0 Å². The van der Waals surface area contributed by atoms with Crippen LogP contribution in [-0.2, 0) is 4.79 Å². The summed E-state index contributed by atoms with van der Waals surface area (Å²) in [6.45, 7) is 4.24. The van der Waals surface area contributed by atoms with Crippen molar-refractivity contribution in [1.29, 1.82) is 0 Å². The third kappa shape index (κ3) is 0.834. The van der Waals surface area contributed by atoms with E-state index in [-0.39, 0.29) is 10.7 Å². The Hall–Kier alpha value is -0.0400. The summed E-state index contributed by atoms with van der Waals surface area (Å²) in [5, 5.41) is -0.109. The maximum Gasteiger partial charge on any atom is 0.228 e. The fourth-order valence-corrected chi connectivity index (χ4v) is 3.54. The summed E-state index contributed by atoms with van der Waals surface area (Å²) in [4.78, 5) is 11.3. The van der Waals surface area contributed by atoms with Crippen LogP contribution in [0.1, 0.15) is 33.1 Å². The van der Waals surface area contributed by atoms with Gasteiger partial charge in [-0.1, -0.05) is 13.8 Å². The van der Waals surface area contributed by atoms with Gasteiger partial charge in [0, 0.05) is 5.41 Å². The summed E-state index contributed by atoms with van der Waals surface area (Å²) < 4.78 is 0. The summed E-state index contributed by atoms with van der Waals surface area (Å²) in [6, 6.07) is 0. The Kier molecular flexibility index (Phi) is 1.76. The van der Waals surface area contributed by atoms with Crippen molar-refractivity contribution in [3.8, 4) is 0 Å². The minimum absolute atomic E-state index is 0.109. The first-order valence-electron chi connectivity index (χ1n) is 4.76. The Bertz CT molecular complexity index is 222. The van der Waals surface area contributed by atoms with Crippen molar-refractivity contribution in [3.63, 3.8) is 0 Å². The largest absolute Gasteiger partial charge is 0.281 e. The lowest BCUT2D eigenvalue weighted by Crippen LogP contribution is -2.37. The lowest BCUT2D eigenvalue weighted by molar-refractivity contribution is -0.124. The van der Waals surface area contributed by atoms with Crippen LogP contribution in [-0.4, -0.2) is 5.24 Å². The monoisotopic (exact) mass is 186 g/mol. The maximum atomic E-state index is 11.3. The van der Waals surface area contributed by atoms with E-state index >= 15 is 0 Å². The minimum atomic E-state index is -0.204. The molecule has 0 N–H and O–H groups in total. The highest BCUT2D eigenvalue weighted by molar-refractivity contribution is 6.64. The van der Waals surface area contributed by atoms with Crippen LogP contribution in [0.2, 0.25) is 0 Å². The second kappa shape index (κ2) is 2.47. The molecule has 0 aliphatic heterocycles. The average Bonchev–Trinajstić information content (AvgIpc) is 2.55. The van der Waals surface area contributed by atoms with Crippen molar-refractivity contribution in [2.45, 2.75) is 33.1 Å². The average molecular weight is 187 g/mol. The summed E-state index contributed by atoms with van der Waals surface area (Å²) >= 11 is 5.68. The molecule has 0 spiro atoms. The highest BCUT2D eigenvalue weighted by Gasteiger charge is 2.56. The zero-order valence-electron chi connectivity index (χ0n) is 7.64. The molecule has 1 nitrogen and oxygen atoms in total. The number of fused-ring (bicyclic) bond motifs is 2. The van der Waals surface area contributed by atoms with Crippen molar-refractivity contribution in [2.24, 2.45) is 23.2 Å². The fourth-order valence-electron chi connectivity index (χ4n) is 3.22. The lowest BCUT2D eigenvalue weighted by Gasteiger charge is -2.35. The first-order valence-corrected chi connectivity index (χ1v) is 5.14. The molecule has 2 fully saturated rings. The first kappa shape index (κ1) is 8.55. The molecule has 0 radical (unpaired) electrons. The number of carbonyl (C=O) groups is 1. The highest BCUT2D eigenvalue weighted by atomic mass is 35.5. The molecule has 0 unspecified atom stereocenters. The molecule has 2 aliphatic carbocycles. The maximum absolute atomic E-state index is 11.3. The van der Waals surface area contributed by atoms with Gasteiger partial charge in [-0.2, -0.15) is 0 Å². The quantitative estimate of drug-likeness (QED) is 0.576. The third-order valence-corrected chi connectivity index (χ3v) is 4.80. The van der Waals surface area contributed by atoms with Crippen LogP contribution in [0.4, 0.5) is 0 Å². The van der Waals surface area contributed by atoms with Gasteiger partial charge < -0.3 is 0 Å². The predicted octanol–water partition coefficient (Wildman–Crippen LogP) is 2.82. The van der Waals surface area contributed by atoms with Crippen LogP contribution in [0.5, 0.6) is 0 Å². The summed E-state index contributed by atoms with van der Waals surface area (Å²) in [7, 11) is 0. The number of carbonyl (C=O) groups excluding carboxylic acids is 1. The van der Waals surface area contributed by atoms with Gasteiger partial charge in [-0.25, -0.2) is 0 Å². The molecule has 4 atom stereocenters. The molecule has 0 amide bonds. The number of hydrogen-bond acceptors (Lipinski definition) is 1. The number of rotatable bonds is 1. The Morgan fingerprint density at radius 3 is 2.50 bits per heavy atom. The summed E-state index contributed by atoms with van der Waals surface area (Å²) in [6.07, 6.45) is 3.76. The zero-order chi connectivity index (χ0) is 8.93. The summed E-state index contributed by atoms with van der Waals surface area (Å²) in [5.41, 5.74) is -0.204. The molecule has 2 heteroatoms. The van der Waals surface area contributed by atoms with Gasteiger partial charge in [-0.05, 0) is 48.6 Å². The van der Waals surface area contributed by atoms with Gasteiger partial charge in [0.2, 0.25) is 5.24 Å². The van der Waals surface area contributed by atoms with Crippen LogP contribution >= 0.6 is 11.6 Å². The Morgan fingerprint density at radius 2 is 2.17 bits per heavy atom. The number of hydrogen-bond donors (Lipinski definition) is 0. The lowest BCUT2D eigenvalue weighted by atomic mass is 9.69. The normalized spacial score (nSPS) is 51.4. The summed E-state index contributed by atoms with van der Waals surface area (Å²) in [5.74, 6) is 1.84. The van der Waals surface area contributed by atoms with E-state index < -0.39 is 0 Å². The molecule has 2 aliphatic rings. The van der Waals surface area contributed by atoms with Crippen molar-refractivity contribution in [2.75, 3.05) is 0 Å². The van der Waals surface area contributed by atoms with Crippen LogP contribution in [0.15, 0.2) is 0 Å². The van der Waals surface area contributed by atoms with E-state index in [2.05, 4.69) is 13.8 Å². The van der Waals surface area contributed by atoms with Crippen molar-refractivity contribution in [3.05, 3.63) is 0 Å². The van der Waals surface area contributed by atoms with Crippen molar-refractivity contribution >= 4 is 16.8 Å². The van der Waals surface area contributed by atoms with Gasteiger partial charge in [0.05, 0.1) is 0 Å². The molecular formula is C10H15ClO. The van der Waals surface area contributed by atoms with Crippen molar-refractivity contribution in [1.82, 2.24) is 0 Å². The van der Waals surface area contributed by atoms with E-state index in [0.29, 0.717) is 11.8 Å². The molecule has 2 bridgehead atoms. The molecule has 2 rings (SSSR count). The van der Waals surface area contributed by atoms with E-state index in [0.717, 1.165) is 5.92 Å². The van der Waals surface area contributed by atoms with Gasteiger partial charge in [0.1, 0.15) is 0 Å². The molecule has 0 heterocycles. The van der Waals surface area contributed by atoms with E-state index in [4.69, 9.17) is 11.6 Å². The van der Waals surface area contributed by atoms with E-state index in [1.807, 2.05) is 0 Å². The van der Waals surface area contributed by atoms with Gasteiger partial charge >= 0.3 is 0 Å². The Labute approximate surface area is 78.5 Å². The molecular weight excluding hydrogens is 172 g/mol.